The number of carbonyl (C=O) groups excluding carboxylic acids is 1. The molecule has 0 aliphatic rings. The lowest BCUT2D eigenvalue weighted by atomic mass is 10.1. The van der Waals surface area contributed by atoms with Gasteiger partial charge in [-0.1, -0.05) is 58.0 Å². The van der Waals surface area contributed by atoms with Gasteiger partial charge in [0.15, 0.2) is 0 Å². The molecule has 26 heavy (non-hydrogen) atoms. The van der Waals surface area contributed by atoms with E-state index < -0.39 is 5.54 Å². The van der Waals surface area contributed by atoms with Crippen molar-refractivity contribution >= 4 is 70.1 Å². The number of halogens is 5. The molecule has 8 heteroatoms. The number of hydrogen-bond donors (Lipinski definition) is 0. The summed E-state index contributed by atoms with van der Waals surface area (Å²) in [7, 11) is 0. The van der Waals surface area contributed by atoms with Gasteiger partial charge in [0.25, 0.3) is 5.91 Å². The van der Waals surface area contributed by atoms with Crippen LogP contribution in [0.4, 0.5) is 0 Å². The Bertz CT molecular complexity index is 854. The molecule has 0 atom stereocenters. The van der Waals surface area contributed by atoms with Crippen LogP contribution >= 0.6 is 58.0 Å². The molecular formula is C18H15Cl5N2O. The van der Waals surface area contributed by atoms with E-state index >= 15 is 0 Å². The average Bonchev–Trinajstić information content (AvgIpc) is 2.49. The largest absolute Gasteiger partial charge is 0.274 e. The normalized spacial score (nSPS) is 11.8. The molecule has 0 radical (unpaired) electrons. The van der Waals surface area contributed by atoms with Crippen LogP contribution in [0.2, 0.25) is 25.1 Å². The van der Waals surface area contributed by atoms with Gasteiger partial charge in [0, 0.05) is 26.2 Å². The molecule has 0 heterocycles. The summed E-state index contributed by atoms with van der Waals surface area (Å²) in [5, 5.41) is 7.38. The van der Waals surface area contributed by atoms with Crippen molar-refractivity contribution in [1.29, 1.82) is 0 Å². The van der Waals surface area contributed by atoms with Crippen LogP contribution in [0.5, 0.6) is 0 Å². The summed E-state index contributed by atoms with van der Waals surface area (Å²) >= 11 is 30.2. The first-order valence-corrected chi connectivity index (χ1v) is 9.37. The van der Waals surface area contributed by atoms with Crippen molar-refractivity contribution in [3.63, 3.8) is 0 Å². The fraction of sp³-hybridized carbons (Fsp3) is 0.222. The first kappa shape index (κ1) is 21.3. The van der Waals surface area contributed by atoms with Gasteiger partial charge < -0.3 is 0 Å². The van der Waals surface area contributed by atoms with Gasteiger partial charge in [-0.2, -0.15) is 5.10 Å². The highest BCUT2D eigenvalue weighted by molar-refractivity contribution is 6.44. The van der Waals surface area contributed by atoms with Gasteiger partial charge in [-0.25, -0.2) is 5.01 Å². The quantitative estimate of drug-likeness (QED) is 0.275. The average molecular weight is 453 g/mol. The summed E-state index contributed by atoms with van der Waals surface area (Å²) in [4.78, 5) is 12.9. The summed E-state index contributed by atoms with van der Waals surface area (Å²) in [5.74, 6) is -0.359. The Morgan fingerprint density at radius 2 is 1.46 bits per heavy atom. The van der Waals surface area contributed by atoms with E-state index in [0.29, 0.717) is 36.2 Å². The number of benzene rings is 2. The molecule has 0 N–H and O–H groups in total. The number of carbonyl (C=O) groups is 1. The Morgan fingerprint density at radius 1 is 0.923 bits per heavy atom. The van der Waals surface area contributed by atoms with E-state index in [1.807, 2.05) is 20.8 Å². The molecule has 0 aromatic heterocycles. The van der Waals surface area contributed by atoms with E-state index in [1.165, 1.54) is 29.4 Å². The highest BCUT2D eigenvalue weighted by atomic mass is 35.5. The van der Waals surface area contributed by atoms with Crippen molar-refractivity contribution in [3.05, 3.63) is 66.6 Å². The van der Waals surface area contributed by atoms with E-state index in [2.05, 4.69) is 5.10 Å². The van der Waals surface area contributed by atoms with Crippen molar-refractivity contribution in [1.82, 2.24) is 5.01 Å². The standard InChI is InChI=1S/C18H15Cl5N2O/c1-18(2,3)25(17(26)10-4-12(19)7-13(20)5-10)24-9-11-6-14(21)8-15(22)16(11)23/h4-9H,1-3H3/b24-9+. The van der Waals surface area contributed by atoms with Gasteiger partial charge in [0.05, 0.1) is 21.8 Å². The lowest BCUT2D eigenvalue weighted by Crippen LogP contribution is -2.42. The van der Waals surface area contributed by atoms with E-state index in [0.717, 1.165) is 0 Å². The van der Waals surface area contributed by atoms with Crippen LogP contribution in [0.15, 0.2) is 35.4 Å². The Labute approximate surface area is 177 Å². The highest BCUT2D eigenvalue weighted by Gasteiger charge is 2.27. The first-order chi connectivity index (χ1) is 12.0. The fourth-order valence-electron chi connectivity index (χ4n) is 2.12. The van der Waals surface area contributed by atoms with Crippen LogP contribution in [0.25, 0.3) is 0 Å². The Morgan fingerprint density at radius 3 is 2.00 bits per heavy atom. The van der Waals surface area contributed by atoms with Crippen molar-refractivity contribution in [2.45, 2.75) is 26.3 Å². The fourth-order valence-corrected chi connectivity index (χ4v) is 3.31. The van der Waals surface area contributed by atoms with Crippen molar-refractivity contribution in [3.8, 4) is 0 Å². The predicted octanol–water partition coefficient (Wildman–Crippen LogP) is 7.23. The zero-order valence-electron chi connectivity index (χ0n) is 14.2. The molecule has 3 nitrogen and oxygen atoms in total. The van der Waals surface area contributed by atoms with E-state index in [4.69, 9.17) is 58.0 Å². The highest BCUT2D eigenvalue weighted by Crippen LogP contribution is 2.29. The number of amides is 1. The zero-order valence-corrected chi connectivity index (χ0v) is 17.9. The monoisotopic (exact) mass is 450 g/mol. The first-order valence-electron chi connectivity index (χ1n) is 7.48. The summed E-state index contributed by atoms with van der Waals surface area (Å²) in [6.07, 6.45) is 1.44. The topological polar surface area (TPSA) is 32.7 Å². The molecular weight excluding hydrogens is 437 g/mol. The second kappa shape index (κ2) is 8.37. The maximum atomic E-state index is 12.9. The third-order valence-corrected chi connectivity index (χ3v) is 4.74. The Balaban J connectivity index is 2.44. The summed E-state index contributed by atoms with van der Waals surface area (Å²) in [6.45, 7) is 5.54. The van der Waals surface area contributed by atoms with Gasteiger partial charge in [0.2, 0.25) is 0 Å². The molecule has 1 amide bonds. The molecule has 0 saturated carbocycles. The Hall–Kier alpha value is -0.970. The molecule has 2 rings (SSSR count). The van der Waals surface area contributed by atoms with Crippen LogP contribution in [0.1, 0.15) is 36.7 Å². The number of nitrogens with zero attached hydrogens (tertiary/aromatic N) is 2. The van der Waals surface area contributed by atoms with Gasteiger partial charge >= 0.3 is 0 Å². The van der Waals surface area contributed by atoms with Crippen LogP contribution in [0, 0.1) is 0 Å². The van der Waals surface area contributed by atoms with Crippen LogP contribution in [0.3, 0.4) is 0 Å². The Kier molecular flexibility index (Phi) is 6.86. The van der Waals surface area contributed by atoms with Crippen molar-refractivity contribution < 1.29 is 4.79 Å². The van der Waals surface area contributed by atoms with Crippen molar-refractivity contribution in [2.24, 2.45) is 5.10 Å². The molecule has 0 aliphatic heterocycles. The lowest BCUT2D eigenvalue weighted by Gasteiger charge is -2.31. The summed E-state index contributed by atoms with van der Waals surface area (Å²) < 4.78 is 0. The van der Waals surface area contributed by atoms with E-state index in [9.17, 15) is 4.79 Å². The molecule has 0 aliphatic carbocycles. The van der Waals surface area contributed by atoms with Crippen molar-refractivity contribution in [2.75, 3.05) is 0 Å². The van der Waals surface area contributed by atoms with Crippen LogP contribution in [-0.4, -0.2) is 22.7 Å². The second-order valence-corrected chi connectivity index (χ2v) is 8.58. The van der Waals surface area contributed by atoms with E-state index in [-0.39, 0.29) is 5.91 Å². The zero-order chi connectivity index (χ0) is 19.6. The van der Waals surface area contributed by atoms with Gasteiger partial charge in [0.1, 0.15) is 0 Å². The van der Waals surface area contributed by atoms with Gasteiger partial charge in [-0.3, -0.25) is 4.79 Å². The lowest BCUT2D eigenvalue weighted by molar-refractivity contribution is 0.0593. The maximum Gasteiger partial charge on any atom is 0.274 e. The number of hydrazone groups is 1. The smallest absolute Gasteiger partial charge is 0.267 e. The predicted molar refractivity (Wildman–Crippen MR) is 111 cm³/mol. The maximum absolute atomic E-state index is 12.9. The third-order valence-electron chi connectivity index (χ3n) is 3.27. The number of rotatable bonds is 3. The van der Waals surface area contributed by atoms with Crippen LogP contribution in [-0.2, 0) is 0 Å². The molecule has 2 aromatic rings. The van der Waals surface area contributed by atoms with E-state index in [1.54, 1.807) is 12.1 Å². The summed E-state index contributed by atoms with van der Waals surface area (Å²) in [5.41, 5.74) is 0.206. The minimum absolute atomic E-state index is 0.298. The molecule has 0 bridgehead atoms. The molecule has 0 unspecified atom stereocenters. The molecule has 138 valence electrons. The van der Waals surface area contributed by atoms with Gasteiger partial charge in [-0.05, 0) is 51.1 Å². The van der Waals surface area contributed by atoms with Crippen LogP contribution < -0.4 is 0 Å². The minimum Gasteiger partial charge on any atom is -0.267 e. The second-order valence-electron chi connectivity index (χ2n) is 6.48. The number of hydrogen-bond acceptors (Lipinski definition) is 2. The molecule has 0 saturated heterocycles. The van der Waals surface area contributed by atoms with Gasteiger partial charge in [-0.15, -0.1) is 0 Å². The molecule has 2 aromatic carbocycles. The molecule has 0 fully saturated rings. The molecule has 0 spiro atoms. The minimum atomic E-state index is -0.614. The summed E-state index contributed by atoms with van der Waals surface area (Å²) in [6, 6.07) is 7.77. The third kappa shape index (κ3) is 5.28. The SMILES string of the molecule is CC(C)(C)N(/N=C/c1cc(Cl)cc(Cl)c1Cl)C(=O)c1cc(Cl)cc(Cl)c1.